The molecule has 0 saturated heterocycles. The minimum atomic E-state index is -0.523. The molecular weight excluding hydrogens is 542 g/mol. The van der Waals surface area contributed by atoms with Gasteiger partial charge in [-0.25, -0.2) is 8.78 Å². The van der Waals surface area contributed by atoms with Gasteiger partial charge in [0.2, 0.25) is 0 Å². The van der Waals surface area contributed by atoms with Gasteiger partial charge in [-0.15, -0.1) is 11.3 Å². The molecule has 0 spiro atoms. The van der Waals surface area contributed by atoms with Crippen molar-refractivity contribution in [2.24, 2.45) is 5.73 Å². The van der Waals surface area contributed by atoms with E-state index >= 15 is 0 Å². The van der Waals surface area contributed by atoms with Gasteiger partial charge in [-0.2, -0.15) is 0 Å². The quantitative estimate of drug-likeness (QED) is 0.226. The number of aryl methyl sites for hydroxylation is 1. The van der Waals surface area contributed by atoms with Crippen LogP contribution in [0.1, 0.15) is 70.2 Å². The number of Topliss-reactive ketones (excluding diaryl/α,β-unsaturated/α-hetero) is 1. The summed E-state index contributed by atoms with van der Waals surface area (Å²) in [4.78, 5) is 28.3. The van der Waals surface area contributed by atoms with Gasteiger partial charge >= 0.3 is 0 Å². The molecule has 0 aliphatic heterocycles. The molecule has 0 bridgehead atoms. The standard InChI is InChI=1S/C32H31F2NO3S.CH5N/c1-19-29-26(33)13-14-27(34)31(29)39-30(19)32(37)35(25-10-5-4-6-11-25)18-24-17-23(12-15-28(24)38-3)22-9-7-8-21(16-22)20(2)36;1-2/h7-9,12-17,25H,4-6,10-11,18H2,1-3H3;2H2,1H3. The Balaban J connectivity index is 0.00000189. The Labute approximate surface area is 243 Å². The summed E-state index contributed by atoms with van der Waals surface area (Å²) >= 11 is 1.02. The zero-order valence-corrected chi connectivity index (χ0v) is 24.7. The van der Waals surface area contributed by atoms with E-state index in [0.29, 0.717) is 28.3 Å². The third-order valence-corrected chi connectivity index (χ3v) is 8.96. The summed E-state index contributed by atoms with van der Waals surface area (Å²) < 4.78 is 35.1. The number of ketones is 1. The summed E-state index contributed by atoms with van der Waals surface area (Å²) in [5, 5.41) is 0.178. The van der Waals surface area contributed by atoms with Crippen LogP contribution in [-0.2, 0) is 6.54 Å². The molecule has 41 heavy (non-hydrogen) atoms. The van der Waals surface area contributed by atoms with Crippen molar-refractivity contribution in [2.75, 3.05) is 14.2 Å². The maximum Gasteiger partial charge on any atom is 0.264 e. The van der Waals surface area contributed by atoms with Crippen molar-refractivity contribution in [3.63, 3.8) is 0 Å². The zero-order chi connectivity index (χ0) is 29.7. The molecule has 1 amide bonds. The number of halogens is 2. The first kappa shape index (κ1) is 30.3. The fourth-order valence-electron chi connectivity index (χ4n) is 5.55. The minimum absolute atomic E-state index is 0.00812. The summed E-state index contributed by atoms with van der Waals surface area (Å²) in [5.74, 6) is -0.618. The maximum atomic E-state index is 14.7. The topological polar surface area (TPSA) is 72.6 Å². The summed E-state index contributed by atoms with van der Waals surface area (Å²) in [6.45, 7) is 3.53. The largest absolute Gasteiger partial charge is 0.496 e. The van der Waals surface area contributed by atoms with E-state index in [9.17, 15) is 18.4 Å². The van der Waals surface area contributed by atoms with Crippen molar-refractivity contribution in [1.82, 2.24) is 4.90 Å². The van der Waals surface area contributed by atoms with Gasteiger partial charge in [0.15, 0.2) is 5.78 Å². The molecule has 1 saturated carbocycles. The maximum absolute atomic E-state index is 14.7. The van der Waals surface area contributed by atoms with Gasteiger partial charge in [0, 0.05) is 29.1 Å². The van der Waals surface area contributed by atoms with Crippen LogP contribution in [0.15, 0.2) is 54.6 Å². The minimum Gasteiger partial charge on any atom is -0.496 e. The molecule has 1 aliphatic rings. The van der Waals surface area contributed by atoms with Crippen LogP contribution in [0.5, 0.6) is 5.75 Å². The highest BCUT2D eigenvalue weighted by molar-refractivity contribution is 7.21. The Hall–Kier alpha value is -3.62. The van der Waals surface area contributed by atoms with E-state index < -0.39 is 11.6 Å². The predicted octanol–water partition coefficient (Wildman–Crippen LogP) is 7.92. The van der Waals surface area contributed by atoms with E-state index in [2.05, 4.69) is 5.73 Å². The van der Waals surface area contributed by atoms with E-state index in [1.165, 1.54) is 7.05 Å². The van der Waals surface area contributed by atoms with Crippen LogP contribution in [0.4, 0.5) is 8.78 Å². The number of nitrogens with zero attached hydrogens (tertiary/aromatic N) is 1. The molecule has 3 aromatic carbocycles. The number of rotatable bonds is 7. The van der Waals surface area contributed by atoms with Gasteiger partial charge in [-0.3, -0.25) is 9.59 Å². The smallest absolute Gasteiger partial charge is 0.264 e. The number of amides is 1. The Bertz CT molecular complexity index is 1560. The average Bonchev–Trinajstić information content (AvgIpc) is 3.37. The number of hydrogen-bond donors (Lipinski definition) is 1. The Morgan fingerprint density at radius 2 is 1.66 bits per heavy atom. The van der Waals surface area contributed by atoms with Crippen LogP contribution in [0.3, 0.4) is 0 Å². The SMILES string of the molecule is CN.COc1ccc(-c2cccc(C(C)=O)c2)cc1CN(C(=O)c1sc2c(F)ccc(F)c2c1C)C1CCCCC1. The van der Waals surface area contributed by atoms with Gasteiger partial charge in [0.25, 0.3) is 5.91 Å². The normalized spacial score (nSPS) is 13.4. The second-order valence-electron chi connectivity index (χ2n) is 10.2. The highest BCUT2D eigenvalue weighted by Crippen LogP contribution is 2.37. The number of hydrogen-bond acceptors (Lipinski definition) is 5. The predicted molar refractivity (Wildman–Crippen MR) is 162 cm³/mol. The van der Waals surface area contributed by atoms with Crippen LogP contribution in [-0.4, -0.2) is 36.8 Å². The third-order valence-electron chi connectivity index (χ3n) is 7.67. The molecule has 216 valence electrons. The first-order chi connectivity index (χ1) is 19.8. The first-order valence-electron chi connectivity index (χ1n) is 13.8. The van der Waals surface area contributed by atoms with Gasteiger partial charge in [0.05, 0.1) is 16.7 Å². The first-order valence-corrected chi connectivity index (χ1v) is 14.6. The number of fused-ring (bicyclic) bond motifs is 1. The van der Waals surface area contributed by atoms with Crippen molar-refractivity contribution < 1.29 is 23.1 Å². The van der Waals surface area contributed by atoms with Gasteiger partial charge < -0.3 is 15.4 Å². The van der Waals surface area contributed by atoms with Crippen molar-refractivity contribution in [3.8, 4) is 16.9 Å². The molecule has 1 aliphatic carbocycles. The van der Waals surface area contributed by atoms with Crippen molar-refractivity contribution in [2.45, 2.75) is 58.5 Å². The molecule has 8 heteroatoms. The molecule has 0 unspecified atom stereocenters. The second-order valence-corrected chi connectivity index (χ2v) is 11.2. The fourth-order valence-corrected chi connectivity index (χ4v) is 6.73. The lowest BCUT2D eigenvalue weighted by atomic mass is 9.93. The number of methoxy groups -OCH3 is 1. The van der Waals surface area contributed by atoms with Crippen molar-refractivity contribution in [1.29, 1.82) is 0 Å². The van der Waals surface area contributed by atoms with Crippen LogP contribution < -0.4 is 10.5 Å². The lowest BCUT2D eigenvalue weighted by Crippen LogP contribution is -2.41. The highest BCUT2D eigenvalue weighted by Gasteiger charge is 2.31. The molecular formula is C33H36F2N2O3S. The van der Waals surface area contributed by atoms with Gasteiger partial charge in [-0.05, 0) is 80.8 Å². The summed E-state index contributed by atoms with van der Waals surface area (Å²) in [6.07, 6.45) is 4.93. The monoisotopic (exact) mass is 578 g/mol. The summed E-state index contributed by atoms with van der Waals surface area (Å²) in [5.41, 5.74) is 8.24. The second kappa shape index (κ2) is 13.4. The molecule has 2 N–H and O–H groups in total. The van der Waals surface area contributed by atoms with Crippen LogP contribution in [0.25, 0.3) is 21.2 Å². The van der Waals surface area contributed by atoms with E-state index in [4.69, 9.17) is 4.74 Å². The van der Waals surface area contributed by atoms with E-state index in [-0.39, 0.29) is 27.8 Å². The van der Waals surface area contributed by atoms with Gasteiger partial charge in [0.1, 0.15) is 17.4 Å². The van der Waals surface area contributed by atoms with Crippen LogP contribution in [0, 0.1) is 18.6 Å². The number of carbonyl (C=O) groups is 2. The Kier molecular flexibility index (Phi) is 9.89. The summed E-state index contributed by atoms with van der Waals surface area (Å²) in [6, 6.07) is 15.5. The van der Waals surface area contributed by atoms with E-state index in [0.717, 1.165) is 72.3 Å². The molecule has 1 heterocycles. The van der Waals surface area contributed by atoms with Gasteiger partial charge in [-0.1, -0.05) is 43.5 Å². The molecule has 5 nitrogen and oxygen atoms in total. The molecule has 5 rings (SSSR count). The number of ether oxygens (including phenoxy) is 1. The molecule has 0 atom stereocenters. The van der Waals surface area contributed by atoms with Crippen LogP contribution in [0.2, 0.25) is 0 Å². The molecule has 4 aromatic rings. The highest BCUT2D eigenvalue weighted by atomic mass is 32.1. The van der Waals surface area contributed by atoms with E-state index in [1.54, 1.807) is 27.0 Å². The number of benzene rings is 3. The van der Waals surface area contributed by atoms with E-state index in [1.807, 2.05) is 41.3 Å². The summed E-state index contributed by atoms with van der Waals surface area (Å²) in [7, 11) is 3.10. The fraction of sp³-hybridized carbons (Fsp3) is 0.333. The third kappa shape index (κ3) is 6.34. The lowest BCUT2D eigenvalue weighted by molar-refractivity contribution is 0.0617. The Morgan fingerprint density at radius 1 is 0.976 bits per heavy atom. The Morgan fingerprint density at radius 3 is 2.32 bits per heavy atom. The zero-order valence-electron chi connectivity index (χ0n) is 23.9. The lowest BCUT2D eigenvalue weighted by Gasteiger charge is -2.35. The number of carbonyl (C=O) groups excluding carboxylic acids is 2. The molecule has 1 fully saturated rings. The molecule has 1 aromatic heterocycles. The van der Waals surface area contributed by atoms with Crippen LogP contribution >= 0.6 is 11.3 Å². The van der Waals surface area contributed by atoms with Crippen molar-refractivity contribution >= 4 is 33.1 Å². The molecule has 0 radical (unpaired) electrons. The van der Waals surface area contributed by atoms with Crippen molar-refractivity contribution in [3.05, 3.63) is 87.8 Å². The average molecular weight is 579 g/mol. The number of nitrogens with two attached hydrogens (primary N) is 1. The number of thiophene rings is 1.